The first kappa shape index (κ1) is 14.2. The molecule has 0 N–H and O–H groups in total. The fourth-order valence-corrected chi connectivity index (χ4v) is 2.81. The van der Waals surface area contributed by atoms with Crippen molar-refractivity contribution in [3.05, 3.63) is 33.8 Å². The van der Waals surface area contributed by atoms with E-state index in [0.717, 1.165) is 12.1 Å². The summed E-state index contributed by atoms with van der Waals surface area (Å²) in [5, 5.41) is 0. The minimum Gasteiger partial charge on any atom is -0.299 e. The summed E-state index contributed by atoms with van der Waals surface area (Å²) in [6.45, 7) is 0. The highest BCUT2D eigenvalue weighted by molar-refractivity contribution is 9.10. The van der Waals surface area contributed by atoms with E-state index in [9.17, 15) is 22.8 Å². The van der Waals surface area contributed by atoms with Crippen molar-refractivity contribution < 1.29 is 22.8 Å². The van der Waals surface area contributed by atoms with E-state index in [2.05, 4.69) is 15.9 Å². The SMILES string of the molecule is O=C1CC(=O)CC(c2cc(C(F)(F)F)ccc2Br)C1. The molecule has 1 fully saturated rings. The van der Waals surface area contributed by atoms with Crippen molar-refractivity contribution in [2.75, 3.05) is 0 Å². The predicted molar refractivity (Wildman–Crippen MR) is 65.8 cm³/mol. The molecular weight excluding hydrogens is 325 g/mol. The van der Waals surface area contributed by atoms with E-state index in [-0.39, 0.29) is 30.8 Å². The van der Waals surface area contributed by atoms with Gasteiger partial charge in [0.25, 0.3) is 0 Å². The Morgan fingerprint density at radius 1 is 1.11 bits per heavy atom. The van der Waals surface area contributed by atoms with E-state index in [1.54, 1.807) is 0 Å². The number of alkyl halides is 3. The smallest absolute Gasteiger partial charge is 0.299 e. The van der Waals surface area contributed by atoms with Gasteiger partial charge in [-0.25, -0.2) is 0 Å². The molecule has 0 spiro atoms. The van der Waals surface area contributed by atoms with Gasteiger partial charge in [-0.1, -0.05) is 15.9 Å². The van der Waals surface area contributed by atoms with Gasteiger partial charge in [-0.05, 0) is 29.7 Å². The first-order chi connectivity index (χ1) is 8.77. The molecule has 0 heterocycles. The van der Waals surface area contributed by atoms with E-state index in [0.29, 0.717) is 10.0 Å². The minimum absolute atomic E-state index is 0.104. The predicted octanol–water partition coefficient (Wildman–Crippen LogP) is 3.87. The number of Topliss-reactive ketones (excluding diaryl/α,β-unsaturated/α-hetero) is 2. The fourth-order valence-electron chi connectivity index (χ4n) is 2.24. The molecule has 0 atom stereocenters. The van der Waals surface area contributed by atoms with Crippen LogP contribution in [0.15, 0.2) is 22.7 Å². The molecule has 0 radical (unpaired) electrons. The average Bonchev–Trinajstić information content (AvgIpc) is 2.26. The fraction of sp³-hybridized carbons (Fsp3) is 0.385. The molecule has 1 aromatic carbocycles. The number of rotatable bonds is 1. The molecule has 1 saturated carbocycles. The van der Waals surface area contributed by atoms with Crippen molar-refractivity contribution >= 4 is 27.5 Å². The number of ketones is 2. The highest BCUT2D eigenvalue weighted by Gasteiger charge is 2.33. The van der Waals surface area contributed by atoms with Crippen molar-refractivity contribution in [2.24, 2.45) is 0 Å². The summed E-state index contributed by atoms with van der Waals surface area (Å²) in [6.07, 6.45) is -4.30. The molecule has 2 rings (SSSR count). The van der Waals surface area contributed by atoms with Crippen LogP contribution in [-0.2, 0) is 15.8 Å². The lowest BCUT2D eigenvalue weighted by atomic mass is 9.82. The van der Waals surface area contributed by atoms with Gasteiger partial charge in [0, 0.05) is 17.3 Å². The summed E-state index contributed by atoms with van der Waals surface area (Å²) < 4.78 is 38.5. The van der Waals surface area contributed by atoms with Crippen LogP contribution in [0, 0.1) is 0 Å². The molecule has 102 valence electrons. The quantitative estimate of drug-likeness (QED) is 0.730. The third kappa shape index (κ3) is 3.23. The minimum atomic E-state index is -4.43. The van der Waals surface area contributed by atoms with Gasteiger partial charge in [0.1, 0.15) is 11.6 Å². The van der Waals surface area contributed by atoms with Gasteiger partial charge in [0.15, 0.2) is 0 Å². The monoisotopic (exact) mass is 334 g/mol. The second-order valence-corrected chi connectivity index (χ2v) is 5.45. The molecule has 0 unspecified atom stereocenters. The van der Waals surface area contributed by atoms with Crippen molar-refractivity contribution in [1.82, 2.24) is 0 Å². The number of hydrogen-bond donors (Lipinski definition) is 0. The van der Waals surface area contributed by atoms with Crippen LogP contribution in [0.5, 0.6) is 0 Å². The van der Waals surface area contributed by atoms with E-state index in [4.69, 9.17) is 0 Å². The molecule has 0 bridgehead atoms. The van der Waals surface area contributed by atoms with Gasteiger partial charge in [0.2, 0.25) is 0 Å². The van der Waals surface area contributed by atoms with Gasteiger partial charge in [-0.15, -0.1) is 0 Å². The third-order valence-electron chi connectivity index (χ3n) is 3.11. The Morgan fingerprint density at radius 2 is 1.68 bits per heavy atom. The second kappa shape index (κ2) is 5.07. The standard InChI is InChI=1S/C13H10BrF3O2/c14-12-2-1-8(13(15,16)17)5-11(12)7-3-9(18)6-10(19)4-7/h1-2,5,7H,3-4,6H2. The third-order valence-corrected chi connectivity index (χ3v) is 3.83. The van der Waals surface area contributed by atoms with Crippen LogP contribution in [-0.4, -0.2) is 11.6 Å². The van der Waals surface area contributed by atoms with Crippen molar-refractivity contribution in [3.8, 4) is 0 Å². The Hall–Kier alpha value is -1.17. The zero-order valence-corrected chi connectivity index (χ0v) is 11.3. The molecular formula is C13H10BrF3O2. The Balaban J connectivity index is 2.38. The summed E-state index contributed by atoms with van der Waals surface area (Å²) in [5.74, 6) is -0.901. The van der Waals surface area contributed by atoms with Gasteiger partial charge < -0.3 is 0 Å². The van der Waals surface area contributed by atoms with Gasteiger partial charge in [-0.3, -0.25) is 9.59 Å². The molecule has 0 amide bonds. The lowest BCUT2D eigenvalue weighted by Gasteiger charge is -2.22. The molecule has 2 nitrogen and oxygen atoms in total. The number of carbonyl (C=O) groups excluding carboxylic acids is 2. The number of halogens is 4. The van der Waals surface area contributed by atoms with Crippen LogP contribution in [0.4, 0.5) is 13.2 Å². The second-order valence-electron chi connectivity index (χ2n) is 4.59. The lowest BCUT2D eigenvalue weighted by Crippen LogP contribution is -2.22. The summed E-state index contributed by atoms with van der Waals surface area (Å²) in [5.41, 5.74) is -0.396. The molecule has 1 aromatic rings. The number of benzene rings is 1. The lowest BCUT2D eigenvalue weighted by molar-refractivity contribution is -0.137. The maximum Gasteiger partial charge on any atom is 0.416 e. The maximum absolute atomic E-state index is 12.7. The Labute approximate surface area is 116 Å². The highest BCUT2D eigenvalue weighted by Crippen LogP contribution is 2.38. The molecule has 0 aliphatic heterocycles. The van der Waals surface area contributed by atoms with Crippen LogP contribution in [0.2, 0.25) is 0 Å². The van der Waals surface area contributed by atoms with Crippen LogP contribution in [0.25, 0.3) is 0 Å². The van der Waals surface area contributed by atoms with Crippen molar-refractivity contribution in [1.29, 1.82) is 0 Å². The number of hydrogen-bond acceptors (Lipinski definition) is 2. The summed E-state index contributed by atoms with van der Waals surface area (Å²) in [4.78, 5) is 22.8. The van der Waals surface area contributed by atoms with Gasteiger partial charge in [0.05, 0.1) is 12.0 Å². The van der Waals surface area contributed by atoms with Crippen molar-refractivity contribution in [3.63, 3.8) is 0 Å². The highest BCUT2D eigenvalue weighted by atomic mass is 79.9. The maximum atomic E-state index is 12.7. The molecule has 1 aliphatic rings. The Kier molecular flexibility index (Phi) is 3.80. The van der Waals surface area contributed by atoms with Gasteiger partial charge in [-0.2, -0.15) is 13.2 Å². The summed E-state index contributed by atoms with van der Waals surface area (Å²) >= 11 is 3.18. The Bertz CT molecular complexity index is 521. The molecule has 0 saturated heterocycles. The Morgan fingerprint density at radius 3 is 2.21 bits per heavy atom. The largest absolute Gasteiger partial charge is 0.416 e. The van der Waals surface area contributed by atoms with Crippen LogP contribution in [0.1, 0.15) is 36.3 Å². The molecule has 0 aromatic heterocycles. The van der Waals surface area contributed by atoms with E-state index in [1.165, 1.54) is 6.07 Å². The zero-order valence-electron chi connectivity index (χ0n) is 9.76. The number of carbonyl (C=O) groups is 2. The normalized spacial score (nSPS) is 17.9. The van der Waals surface area contributed by atoms with Crippen LogP contribution in [0.3, 0.4) is 0 Å². The zero-order chi connectivity index (χ0) is 14.2. The van der Waals surface area contributed by atoms with Crippen LogP contribution < -0.4 is 0 Å². The van der Waals surface area contributed by atoms with Crippen LogP contribution >= 0.6 is 15.9 Å². The molecule has 1 aliphatic carbocycles. The first-order valence-corrected chi connectivity index (χ1v) is 6.46. The first-order valence-electron chi connectivity index (χ1n) is 5.67. The topological polar surface area (TPSA) is 34.1 Å². The van der Waals surface area contributed by atoms with E-state index in [1.807, 2.05) is 0 Å². The summed E-state index contributed by atoms with van der Waals surface area (Å²) in [7, 11) is 0. The molecule has 19 heavy (non-hydrogen) atoms. The van der Waals surface area contributed by atoms with E-state index >= 15 is 0 Å². The average molecular weight is 335 g/mol. The van der Waals surface area contributed by atoms with Crippen molar-refractivity contribution in [2.45, 2.75) is 31.4 Å². The summed E-state index contributed by atoms with van der Waals surface area (Å²) in [6, 6.07) is 3.29. The van der Waals surface area contributed by atoms with Gasteiger partial charge >= 0.3 is 6.18 Å². The molecule has 6 heteroatoms. The van der Waals surface area contributed by atoms with E-state index < -0.39 is 17.7 Å².